The number of hydrogen-bond acceptors (Lipinski definition) is 5. The maximum absolute atomic E-state index is 13.2. The van der Waals surface area contributed by atoms with Gasteiger partial charge in [0.15, 0.2) is 0 Å². The number of nitrogens with one attached hydrogen (secondary N) is 2. The molecule has 7 nitrogen and oxygen atoms in total. The molecule has 2 amide bonds. The first-order valence-electron chi connectivity index (χ1n) is 11.3. The van der Waals surface area contributed by atoms with Gasteiger partial charge in [-0.1, -0.05) is 48.0 Å². The molecule has 0 radical (unpaired) electrons. The third-order valence-corrected chi connectivity index (χ3v) is 5.75. The van der Waals surface area contributed by atoms with Crippen molar-refractivity contribution in [2.24, 2.45) is 0 Å². The van der Waals surface area contributed by atoms with Gasteiger partial charge in [0.2, 0.25) is 6.41 Å². The van der Waals surface area contributed by atoms with Crippen LogP contribution in [0.4, 0.5) is 5.69 Å². The Labute approximate surface area is 215 Å². The second-order valence-electron chi connectivity index (χ2n) is 7.81. The highest BCUT2D eigenvalue weighted by Gasteiger charge is 2.25. The van der Waals surface area contributed by atoms with Crippen molar-refractivity contribution < 1.29 is 23.9 Å². The molecule has 186 valence electrons. The van der Waals surface area contributed by atoms with Gasteiger partial charge >= 0.3 is 5.97 Å². The highest BCUT2D eigenvalue weighted by atomic mass is 35.5. The molecule has 0 aliphatic carbocycles. The van der Waals surface area contributed by atoms with Gasteiger partial charge in [0.05, 0.1) is 7.11 Å². The summed E-state index contributed by atoms with van der Waals surface area (Å²) < 4.78 is 10.7. The first-order valence-corrected chi connectivity index (χ1v) is 11.6. The topological polar surface area (TPSA) is 93.7 Å². The van der Waals surface area contributed by atoms with Crippen molar-refractivity contribution in [2.45, 2.75) is 26.0 Å². The van der Waals surface area contributed by atoms with Crippen molar-refractivity contribution in [3.8, 4) is 5.75 Å². The number of ether oxygens (including phenoxy) is 2. The highest BCUT2D eigenvalue weighted by molar-refractivity contribution is 6.30. The first-order chi connectivity index (χ1) is 17.4. The van der Waals surface area contributed by atoms with Gasteiger partial charge in [-0.25, -0.2) is 4.79 Å². The van der Waals surface area contributed by atoms with E-state index in [9.17, 15) is 14.4 Å². The zero-order chi connectivity index (χ0) is 25.9. The minimum absolute atomic E-state index is 0.0323. The Morgan fingerprint density at radius 1 is 1.00 bits per heavy atom. The van der Waals surface area contributed by atoms with E-state index in [1.807, 2.05) is 25.1 Å². The van der Waals surface area contributed by atoms with Crippen molar-refractivity contribution >= 4 is 41.1 Å². The molecular weight excluding hydrogens is 480 g/mol. The molecule has 0 saturated heterocycles. The number of anilines is 1. The smallest absolute Gasteiger partial charge is 0.329 e. The minimum atomic E-state index is -0.984. The fraction of sp³-hybridized carbons (Fsp3) is 0.179. The van der Waals surface area contributed by atoms with E-state index in [-0.39, 0.29) is 13.0 Å². The van der Waals surface area contributed by atoms with Crippen LogP contribution in [0.2, 0.25) is 5.02 Å². The number of rotatable bonds is 11. The van der Waals surface area contributed by atoms with E-state index in [1.165, 1.54) is 0 Å². The first kappa shape index (κ1) is 26.5. The molecule has 0 aromatic heterocycles. The molecule has 3 aromatic rings. The summed E-state index contributed by atoms with van der Waals surface area (Å²) in [5, 5.41) is 5.96. The van der Waals surface area contributed by atoms with E-state index in [0.717, 1.165) is 16.7 Å². The number of benzene rings is 3. The van der Waals surface area contributed by atoms with Crippen LogP contribution in [0.5, 0.6) is 5.75 Å². The Morgan fingerprint density at radius 3 is 2.33 bits per heavy atom. The predicted molar refractivity (Wildman–Crippen MR) is 140 cm³/mol. The van der Waals surface area contributed by atoms with Crippen LogP contribution in [0, 0.1) is 0 Å². The van der Waals surface area contributed by atoms with E-state index in [2.05, 4.69) is 10.6 Å². The fourth-order valence-electron chi connectivity index (χ4n) is 3.57. The van der Waals surface area contributed by atoms with Crippen LogP contribution >= 0.6 is 11.6 Å². The van der Waals surface area contributed by atoms with Gasteiger partial charge in [-0.2, -0.15) is 0 Å². The summed E-state index contributed by atoms with van der Waals surface area (Å²) in [6, 6.07) is 19.8. The summed E-state index contributed by atoms with van der Waals surface area (Å²) in [4.78, 5) is 37.2. The number of halogens is 1. The number of allylic oxidation sites excluding steroid dienone is 1. The molecule has 0 spiro atoms. The number of methoxy groups -OCH3 is 1. The number of para-hydroxylation sites is 1. The van der Waals surface area contributed by atoms with Crippen LogP contribution < -0.4 is 15.4 Å². The zero-order valence-electron chi connectivity index (χ0n) is 20.0. The van der Waals surface area contributed by atoms with Crippen molar-refractivity contribution in [1.82, 2.24) is 5.32 Å². The lowest BCUT2D eigenvalue weighted by atomic mass is 9.96. The average molecular weight is 507 g/mol. The molecule has 8 heteroatoms. The van der Waals surface area contributed by atoms with Gasteiger partial charge in [0.25, 0.3) is 5.91 Å². The molecule has 0 fully saturated rings. The maximum Gasteiger partial charge on any atom is 0.329 e. The van der Waals surface area contributed by atoms with E-state index in [1.54, 1.807) is 67.8 Å². The minimum Gasteiger partial charge on any atom is -0.497 e. The molecule has 0 aliphatic rings. The Morgan fingerprint density at radius 2 is 1.69 bits per heavy atom. The summed E-state index contributed by atoms with van der Waals surface area (Å²) in [7, 11) is 1.57. The van der Waals surface area contributed by atoms with Crippen molar-refractivity contribution in [2.75, 3.05) is 12.4 Å². The Balaban J connectivity index is 1.82. The third kappa shape index (κ3) is 7.20. The molecule has 0 saturated carbocycles. The molecule has 1 unspecified atom stereocenters. The lowest BCUT2D eigenvalue weighted by Crippen LogP contribution is -2.42. The Bertz CT molecular complexity index is 1220. The standard InChI is InChI=1S/C28H27ClN2O5/c1-3-20(24-6-4-5-7-25(24)30-18-32)16-26(31-27(33)21-10-12-22(29)13-11-21)28(34)36-17-19-8-14-23(35-2)15-9-19/h3-15,18,26H,16-17H2,1-2H3,(H,30,32)(H,31,33)/b20-3-. The van der Waals surface area contributed by atoms with Crippen molar-refractivity contribution in [3.05, 3.63) is 101 Å². The van der Waals surface area contributed by atoms with E-state index < -0.39 is 17.9 Å². The maximum atomic E-state index is 13.2. The van der Waals surface area contributed by atoms with Crippen LogP contribution in [0.15, 0.2) is 78.9 Å². The van der Waals surface area contributed by atoms with Gasteiger partial charge in [-0.15, -0.1) is 0 Å². The molecule has 2 N–H and O–H groups in total. The zero-order valence-corrected chi connectivity index (χ0v) is 20.7. The number of amides is 2. The van der Waals surface area contributed by atoms with Gasteiger partial charge < -0.3 is 20.1 Å². The van der Waals surface area contributed by atoms with E-state index >= 15 is 0 Å². The molecular formula is C28H27ClN2O5. The quantitative estimate of drug-likeness (QED) is 0.273. The number of esters is 1. The summed E-state index contributed by atoms with van der Waals surface area (Å²) in [5.41, 5.74) is 3.22. The van der Waals surface area contributed by atoms with E-state index in [0.29, 0.717) is 28.4 Å². The Kier molecular flexibility index (Phi) is 9.65. The van der Waals surface area contributed by atoms with Crippen LogP contribution in [0.3, 0.4) is 0 Å². The number of hydrogen-bond donors (Lipinski definition) is 2. The monoisotopic (exact) mass is 506 g/mol. The number of carbonyl (C=O) groups excluding carboxylic acids is 3. The van der Waals surface area contributed by atoms with Gasteiger partial charge in [0, 0.05) is 28.3 Å². The van der Waals surface area contributed by atoms with Gasteiger partial charge in [0.1, 0.15) is 18.4 Å². The molecule has 0 heterocycles. The average Bonchev–Trinajstić information content (AvgIpc) is 2.91. The molecule has 3 aromatic carbocycles. The normalized spacial score (nSPS) is 11.8. The second kappa shape index (κ2) is 13.1. The molecule has 1 atom stereocenters. The molecule has 3 rings (SSSR count). The largest absolute Gasteiger partial charge is 0.497 e. The van der Waals surface area contributed by atoms with Crippen LogP contribution in [-0.2, 0) is 20.9 Å². The van der Waals surface area contributed by atoms with Crippen molar-refractivity contribution in [3.63, 3.8) is 0 Å². The summed E-state index contributed by atoms with van der Waals surface area (Å²) in [5.74, 6) is -0.334. The van der Waals surface area contributed by atoms with Gasteiger partial charge in [-0.05, 0) is 60.5 Å². The predicted octanol–water partition coefficient (Wildman–Crippen LogP) is 5.25. The lowest BCUT2D eigenvalue weighted by Gasteiger charge is -2.21. The highest BCUT2D eigenvalue weighted by Crippen LogP contribution is 2.28. The van der Waals surface area contributed by atoms with Gasteiger partial charge in [-0.3, -0.25) is 9.59 Å². The van der Waals surface area contributed by atoms with Crippen LogP contribution in [0.1, 0.15) is 34.8 Å². The Hall–Kier alpha value is -4.10. The summed E-state index contributed by atoms with van der Waals surface area (Å²) >= 11 is 5.94. The molecule has 0 bridgehead atoms. The second-order valence-corrected chi connectivity index (χ2v) is 8.25. The summed E-state index contributed by atoms with van der Waals surface area (Å²) in [6.45, 7) is 1.86. The lowest BCUT2D eigenvalue weighted by molar-refractivity contribution is -0.147. The summed E-state index contributed by atoms with van der Waals surface area (Å²) in [6.07, 6.45) is 2.58. The van der Waals surface area contributed by atoms with Crippen molar-refractivity contribution in [1.29, 1.82) is 0 Å². The third-order valence-electron chi connectivity index (χ3n) is 5.50. The molecule has 0 aliphatic heterocycles. The van der Waals surface area contributed by atoms with Crippen LogP contribution in [0.25, 0.3) is 5.57 Å². The van der Waals surface area contributed by atoms with Crippen LogP contribution in [-0.4, -0.2) is 31.4 Å². The SMILES string of the molecule is C/C=C(/CC(NC(=O)c1ccc(Cl)cc1)C(=O)OCc1ccc(OC)cc1)c1ccccc1NC=O. The van der Waals surface area contributed by atoms with E-state index in [4.69, 9.17) is 21.1 Å². The number of carbonyl (C=O) groups is 3. The molecule has 36 heavy (non-hydrogen) atoms. The fourth-order valence-corrected chi connectivity index (χ4v) is 3.69.